The number of aryl methyl sites for hydroxylation is 1. The third-order valence-electron chi connectivity index (χ3n) is 7.66. The van der Waals surface area contributed by atoms with Crippen LogP contribution in [-0.2, 0) is 4.74 Å². The molecule has 2 aliphatic rings. The van der Waals surface area contributed by atoms with Crippen molar-refractivity contribution < 1.29 is 9.53 Å². The van der Waals surface area contributed by atoms with Gasteiger partial charge in [0.15, 0.2) is 0 Å². The smallest absolute Gasteiger partial charge is 0.259 e. The fraction of sp³-hybridized carbons (Fsp3) is 0.593. The molecule has 2 saturated heterocycles. The Morgan fingerprint density at radius 2 is 1.86 bits per heavy atom. The lowest BCUT2D eigenvalue weighted by Crippen LogP contribution is -2.49. The molecule has 1 aromatic carbocycles. The molecule has 0 bridgehead atoms. The van der Waals surface area contributed by atoms with Crippen molar-refractivity contribution in [3.8, 4) is 0 Å². The third kappa shape index (κ3) is 4.86. The van der Waals surface area contributed by atoms with Crippen molar-refractivity contribution in [3.63, 3.8) is 0 Å². The van der Waals surface area contributed by atoms with Crippen LogP contribution in [-0.4, -0.2) is 76.4 Å². The van der Waals surface area contributed by atoms with Crippen molar-refractivity contribution in [2.45, 2.75) is 58.4 Å². The molecule has 2 aromatic heterocycles. The average molecular weight is 480 g/mol. The van der Waals surface area contributed by atoms with Gasteiger partial charge in [0.05, 0.1) is 28.7 Å². The van der Waals surface area contributed by atoms with Crippen molar-refractivity contribution in [1.29, 1.82) is 0 Å². The summed E-state index contributed by atoms with van der Waals surface area (Å²) in [6, 6.07) is 4.10. The molecule has 0 saturated carbocycles. The number of piperazine rings is 1. The number of carbonyl (C=O) groups is 1. The normalized spacial score (nSPS) is 18.1. The number of ether oxygens (including phenoxy) is 1. The van der Waals surface area contributed by atoms with E-state index in [2.05, 4.69) is 21.9 Å². The molecule has 4 heterocycles. The van der Waals surface area contributed by atoms with Crippen molar-refractivity contribution in [1.82, 2.24) is 24.6 Å². The summed E-state index contributed by atoms with van der Waals surface area (Å²) in [4.78, 5) is 33.9. The SMILES string of the molecule is CCCCCCN1CCN(C(=O)c2cc3c(cc2C)[nH]c(=O)c2cnn(C4CCOCC4)c23)CC1. The van der Waals surface area contributed by atoms with Crippen LogP contribution in [0.3, 0.4) is 0 Å². The van der Waals surface area contributed by atoms with Gasteiger partial charge < -0.3 is 14.6 Å². The van der Waals surface area contributed by atoms with Gasteiger partial charge in [-0.15, -0.1) is 0 Å². The Labute approximate surface area is 206 Å². The van der Waals surface area contributed by atoms with E-state index >= 15 is 0 Å². The van der Waals surface area contributed by atoms with E-state index in [4.69, 9.17) is 4.74 Å². The minimum Gasteiger partial charge on any atom is -0.381 e. The predicted octanol–water partition coefficient (Wildman–Crippen LogP) is 3.88. The van der Waals surface area contributed by atoms with Gasteiger partial charge in [-0.05, 0) is 50.4 Å². The molecule has 0 atom stereocenters. The zero-order valence-electron chi connectivity index (χ0n) is 21.0. The average Bonchev–Trinajstić information content (AvgIpc) is 3.33. The van der Waals surface area contributed by atoms with Crippen LogP contribution in [0.5, 0.6) is 0 Å². The van der Waals surface area contributed by atoms with Gasteiger partial charge in [0.25, 0.3) is 11.5 Å². The van der Waals surface area contributed by atoms with Gasteiger partial charge in [-0.2, -0.15) is 5.10 Å². The van der Waals surface area contributed by atoms with Gasteiger partial charge in [0, 0.05) is 50.3 Å². The second-order valence-corrected chi connectivity index (χ2v) is 10.1. The number of pyridine rings is 1. The van der Waals surface area contributed by atoms with Crippen LogP contribution in [0.25, 0.3) is 21.8 Å². The predicted molar refractivity (Wildman–Crippen MR) is 138 cm³/mol. The first-order valence-electron chi connectivity index (χ1n) is 13.2. The first-order valence-corrected chi connectivity index (χ1v) is 13.2. The lowest BCUT2D eigenvalue weighted by atomic mass is 10.0. The molecule has 0 unspecified atom stereocenters. The van der Waals surface area contributed by atoms with E-state index in [9.17, 15) is 9.59 Å². The zero-order valence-corrected chi connectivity index (χ0v) is 21.0. The molecule has 8 nitrogen and oxygen atoms in total. The summed E-state index contributed by atoms with van der Waals surface area (Å²) in [5, 5.41) is 6.06. The highest BCUT2D eigenvalue weighted by atomic mass is 16.5. The van der Waals surface area contributed by atoms with E-state index in [1.807, 2.05) is 28.6 Å². The molecule has 0 spiro atoms. The van der Waals surface area contributed by atoms with Gasteiger partial charge in [0.2, 0.25) is 0 Å². The standard InChI is InChI=1S/C27H37N5O3/c1-3-4-5-6-9-30-10-12-31(13-11-30)27(34)21-17-22-24(16-19(21)2)29-26(33)23-18-28-32(25(22)23)20-7-14-35-15-8-20/h16-18,20H,3-15H2,1-2H3,(H,29,33). The molecular weight excluding hydrogens is 442 g/mol. The minimum atomic E-state index is -0.139. The monoisotopic (exact) mass is 479 g/mol. The van der Waals surface area contributed by atoms with Gasteiger partial charge in [-0.1, -0.05) is 26.2 Å². The lowest BCUT2D eigenvalue weighted by Gasteiger charge is -2.35. The Morgan fingerprint density at radius 1 is 1.09 bits per heavy atom. The highest BCUT2D eigenvalue weighted by Crippen LogP contribution is 2.30. The topological polar surface area (TPSA) is 83.5 Å². The third-order valence-corrected chi connectivity index (χ3v) is 7.66. The highest BCUT2D eigenvalue weighted by Gasteiger charge is 2.25. The fourth-order valence-corrected chi connectivity index (χ4v) is 5.54. The summed E-state index contributed by atoms with van der Waals surface area (Å²) in [6.45, 7) is 10.1. The maximum atomic E-state index is 13.6. The maximum absolute atomic E-state index is 13.6. The van der Waals surface area contributed by atoms with Crippen LogP contribution in [0.15, 0.2) is 23.1 Å². The number of rotatable bonds is 7. The Kier molecular flexibility index (Phi) is 7.20. The quantitative estimate of drug-likeness (QED) is 0.520. The van der Waals surface area contributed by atoms with E-state index in [0.29, 0.717) is 24.2 Å². The molecule has 0 aliphatic carbocycles. The molecule has 35 heavy (non-hydrogen) atoms. The van der Waals surface area contributed by atoms with Crippen molar-refractivity contribution in [2.75, 3.05) is 45.9 Å². The molecule has 0 radical (unpaired) electrons. The largest absolute Gasteiger partial charge is 0.381 e. The fourth-order valence-electron chi connectivity index (χ4n) is 5.54. The van der Waals surface area contributed by atoms with Crippen molar-refractivity contribution in [2.24, 2.45) is 0 Å². The van der Waals surface area contributed by atoms with E-state index in [1.165, 1.54) is 25.7 Å². The number of unbranched alkanes of at least 4 members (excludes halogenated alkanes) is 3. The van der Waals surface area contributed by atoms with Gasteiger partial charge in [0.1, 0.15) is 0 Å². The molecule has 188 valence electrons. The minimum absolute atomic E-state index is 0.0755. The Balaban J connectivity index is 1.42. The van der Waals surface area contributed by atoms with Crippen LogP contribution >= 0.6 is 0 Å². The summed E-state index contributed by atoms with van der Waals surface area (Å²) in [5.41, 5.74) is 3.03. The number of fused-ring (bicyclic) bond motifs is 3. The van der Waals surface area contributed by atoms with Crippen molar-refractivity contribution >= 4 is 27.7 Å². The number of carbonyl (C=O) groups excluding carboxylic acids is 1. The molecule has 1 N–H and O–H groups in total. The summed E-state index contributed by atoms with van der Waals surface area (Å²) < 4.78 is 7.51. The van der Waals surface area contributed by atoms with E-state index in [0.717, 1.165) is 67.5 Å². The highest BCUT2D eigenvalue weighted by molar-refractivity contribution is 6.07. The van der Waals surface area contributed by atoms with Gasteiger partial charge >= 0.3 is 0 Å². The Bertz CT molecular complexity index is 1250. The number of nitrogens with one attached hydrogen (secondary N) is 1. The second-order valence-electron chi connectivity index (χ2n) is 10.1. The molecule has 3 aromatic rings. The molecular formula is C27H37N5O3. The maximum Gasteiger partial charge on any atom is 0.259 e. The number of aromatic amines is 1. The summed E-state index contributed by atoms with van der Waals surface area (Å²) in [5.74, 6) is 0.0755. The molecule has 1 amide bonds. The lowest BCUT2D eigenvalue weighted by molar-refractivity contribution is 0.0634. The first kappa shape index (κ1) is 24.0. The summed E-state index contributed by atoms with van der Waals surface area (Å²) >= 11 is 0. The molecule has 2 fully saturated rings. The number of hydrogen-bond acceptors (Lipinski definition) is 5. The first-order chi connectivity index (χ1) is 17.1. The van der Waals surface area contributed by atoms with Crippen LogP contribution < -0.4 is 5.56 Å². The number of aromatic nitrogens is 3. The van der Waals surface area contributed by atoms with E-state index < -0.39 is 0 Å². The number of H-pyrrole nitrogens is 1. The van der Waals surface area contributed by atoms with Crippen LogP contribution in [0, 0.1) is 6.92 Å². The molecule has 8 heteroatoms. The van der Waals surface area contributed by atoms with Crippen LogP contribution in [0.4, 0.5) is 0 Å². The molecule has 5 rings (SSSR count). The van der Waals surface area contributed by atoms with Crippen LogP contribution in [0.1, 0.15) is 67.4 Å². The van der Waals surface area contributed by atoms with E-state index in [1.54, 1.807) is 6.20 Å². The van der Waals surface area contributed by atoms with E-state index in [-0.39, 0.29) is 17.5 Å². The summed E-state index contributed by atoms with van der Waals surface area (Å²) in [7, 11) is 0. The van der Waals surface area contributed by atoms with Gasteiger partial charge in [-0.3, -0.25) is 19.2 Å². The zero-order chi connectivity index (χ0) is 24.4. The second kappa shape index (κ2) is 10.5. The summed E-state index contributed by atoms with van der Waals surface area (Å²) in [6.07, 6.45) is 8.46. The number of amides is 1. The van der Waals surface area contributed by atoms with Crippen molar-refractivity contribution in [3.05, 3.63) is 39.8 Å². The van der Waals surface area contributed by atoms with Crippen LogP contribution in [0.2, 0.25) is 0 Å². The number of benzene rings is 1. The number of nitrogens with zero attached hydrogens (tertiary/aromatic N) is 4. The molecule has 2 aliphatic heterocycles. The Hall–Kier alpha value is -2.71. The number of hydrogen-bond donors (Lipinski definition) is 1. The van der Waals surface area contributed by atoms with Gasteiger partial charge in [-0.25, -0.2) is 0 Å². The Morgan fingerprint density at radius 3 is 2.60 bits per heavy atom.